The zero-order valence-corrected chi connectivity index (χ0v) is 9.95. The molecule has 0 atom stereocenters. The fraction of sp³-hybridized carbons (Fsp3) is 0.0714. The third kappa shape index (κ3) is 1.03. The highest BCUT2D eigenvalue weighted by atomic mass is 16.4. The Morgan fingerprint density at radius 2 is 2.32 bits per heavy atom. The van der Waals surface area contributed by atoms with Crippen molar-refractivity contribution in [1.29, 1.82) is 0 Å². The van der Waals surface area contributed by atoms with Crippen LogP contribution in [0.15, 0.2) is 47.5 Å². The summed E-state index contributed by atoms with van der Waals surface area (Å²) in [6, 6.07) is 4.05. The molecular weight excluding hydrogens is 240 g/mol. The van der Waals surface area contributed by atoms with Crippen molar-refractivity contribution in [3.8, 4) is 11.6 Å². The van der Waals surface area contributed by atoms with E-state index in [1.165, 1.54) is 5.56 Å². The lowest BCUT2D eigenvalue weighted by Gasteiger charge is -1.89. The van der Waals surface area contributed by atoms with Crippen LogP contribution in [0.5, 0.6) is 0 Å². The van der Waals surface area contributed by atoms with Crippen LogP contribution in [-0.4, -0.2) is 14.4 Å². The maximum absolute atomic E-state index is 5.97. The molecule has 0 radical (unpaired) electrons. The average molecular weight is 249 g/mol. The van der Waals surface area contributed by atoms with Crippen LogP contribution < -0.4 is 4.57 Å². The second kappa shape index (κ2) is 3.00. The summed E-state index contributed by atoms with van der Waals surface area (Å²) in [6.45, 7) is 0.806. The molecule has 5 rings (SSSR count). The predicted molar refractivity (Wildman–Crippen MR) is 67.5 cm³/mol. The zero-order valence-electron chi connectivity index (χ0n) is 9.95. The molecule has 1 aliphatic rings. The minimum atomic E-state index is 0.806. The van der Waals surface area contributed by atoms with E-state index in [9.17, 15) is 0 Å². The molecule has 0 aliphatic carbocycles. The molecule has 0 saturated heterocycles. The number of aromatic nitrogens is 4. The van der Waals surface area contributed by atoms with E-state index in [0.29, 0.717) is 0 Å². The van der Waals surface area contributed by atoms with Crippen molar-refractivity contribution in [3.63, 3.8) is 0 Å². The van der Waals surface area contributed by atoms with E-state index in [-0.39, 0.29) is 0 Å². The molecule has 4 aromatic rings. The summed E-state index contributed by atoms with van der Waals surface area (Å²) in [7, 11) is 0. The maximum atomic E-state index is 5.97. The lowest BCUT2D eigenvalue weighted by atomic mass is 10.2. The summed E-state index contributed by atoms with van der Waals surface area (Å²) >= 11 is 0. The van der Waals surface area contributed by atoms with Gasteiger partial charge in [0.2, 0.25) is 5.58 Å². The van der Waals surface area contributed by atoms with Crippen molar-refractivity contribution >= 4 is 16.6 Å². The van der Waals surface area contributed by atoms with E-state index in [2.05, 4.69) is 20.6 Å². The minimum Gasteiger partial charge on any atom is -0.395 e. The van der Waals surface area contributed by atoms with E-state index >= 15 is 0 Å². The zero-order chi connectivity index (χ0) is 12.4. The second-order valence-electron chi connectivity index (χ2n) is 4.72. The predicted octanol–water partition coefficient (Wildman–Crippen LogP) is 1.79. The van der Waals surface area contributed by atoms with Crippen molar-refractivity contribution in [2.45, 2.75) is 6.54 Å². The summed E-state index contributed by atoms with van der Waals surface area (Å²) in [5, 5.41) is 0. The quantitative estimate of drug-likeness (QED) is 0.393. The summed E-state index contributed by atoms with van der Waals surface area (Å²) in [6.07, 6.45) is 9.35. The molecule has 0 amide bonds. The van der Waals surface area contributed by atoms with Crippen LogP contribution >= 0.6 is 0 Å². The van der Waals surface area contributed by atoms with Gasteiger partial charge in [0.1, 0.15) is 5.52 Å². The molecule has 5 nitrogen and oxygen atoms in total. The van der Waals surface area contributed by atoms with Gasteiger partial charge in [-0.3, -0.25) is 4.98 Å². The van der Waals surface area contributed by atoms with Gasteiger partial charge in [-0.1, -0.05) is 0 Å². The number of fused-ring (bicyclic) bond motifs is 7. The van der Waals surface area contributed by atoms with Crippen molar-refractivity contribution in [2.24, 2.45) is 0 Å². The number of hydrogen-bond donors (Lipinski definition) is 0. The number of nitrogens with zero attached hydrogens (tertiary/aromatic N) is 4. The number of oxazole rings is 1. The highest BCUT2D eigenvalue weighted by Crippen LogP contribution is 2.31. The molecule has 1 aliphatic heterocycles. The van der Waals surface area contributed by atoms with Gasteiger partial charge in [-0.25, -0.2) is 4.98 Å². The lowest BCUT2D eigenvalue weighted by Crippen LogP contribution is -2.30. The van der Waals surface area contributed by atoms with Crippen LogP contribution in [0.1, 0.15) is 5.56 Å². The van der Waals surface area contributed by atoms with Crippen LogP contribution in [0.25, 0.3) is 28.2 Å². The van der Waals surface area contributed by atoms with Crippen molar-refractivity contribution in [1.82, 2.24) is 14.4 Å². The smallest absolute Gasteiger partial charge is 0.395 e. The molecule has 4 aromatic heterocycles. The average Bonchev–Trinajstić information content (AvgIpc) is 3.05. The van der Waals surface area contributed by atoms with Gasteiger partial charge < -0.3 is 8.82 Å². The van der Waals surface area contributed by atoms with Crippen LogP contribution in [0.2, 0.25) is 0 Å². The molecule has 19 heavy (non-hydrogen) atoms. The molecule has 0 aromatic carbocycles. The first-order valence-electron chi connectivity index (χ1n) is 6.13. The number of hydrogen-bond acceptors (Lipinski definition) is 3. The standard InChI is InChI=1S/C14H9N4O/c1-2-9-7-18-13-10-6-15-4-5-17(10)8-11(13)19-14(18)12(9)16-3-1/h1-6,8H,7H2/q+1. The molecule has 0 bridgehead atoms. The van der Waals surface area contributed by atoms with E-state index in [1.54, 1.807) is 12.4 Å². The Labute approximate surface area is 107 Å². The Bertz CT molecular complexity index is 951. The Morgan fingerprint density at radius 3 is 3.32 bits per heavy atom. The summed E-state index contributed by atoms with van der Waals surface area (Å²) in [4.78, 5) is 8.62. The first-order valence-corrected chi connectivity index (χ1v) is 6.13. The van der Waals surface area contributed by atoms with E-state index in [4.69, 9.17) is 4.42 Å². The normalized spacial score (nSPS) is 13.1. The first-order chi connectivity index (χ1) is 9.42. The number of pyridine rings is 1. The molecule has 5 heteroatoms. The van der Waals surface area contributed by atoms with Crippen LogP contribution in [0, 0.1) is 0 Å². The van der Waals surface area contributed by atoms with Gasteiger partial charge >= 0.3 is 5.89 Å². The van der Waals surface area contributed by atoms with Crippen molar-refractivity contribution < 1.29 is 8.98 Å². The Morgan fingerprint density at radius 1 is 1.32 bits per heavy atom. The molecule has 0 spiro atoms. The fourth-order valence-electron chi connectivity index (χ4n) is 2.84. The second-order valence-corrected chi connectivity index (χ2v) is 4.72. The lowest BCUT2D eigenvalue weighted by molar-refractivity contribution is -0.648. The topological polar surface area (TPSA) is 47.2 Å². The van der Waals surface area contributed by atoms with Gasteiger partial charge in [0.15, 0.2) is 12.2 Å². The Kier molecular flexibility index (Phi) is 1.46. The van der Waals surface area contributed by atoms with Crippen LogP contribution in [0.4, 0.5) is 0 Å². The minimum absolute atomic E-state index is 0.806. The summed E-state index contributed by atoms with van der Waals surface area (Å²) in [5.41, 5.74) is 5.16. The van der Waals surface area contributed by atoms with Gasteiger partial charge in [-0.05, 0) is 12.1 Å². The van der Waals surface area contributed by atoms with E-state index in [0.717, 1.165) is 34.7 Å². The summed E-state index contributed by atoms with van der Waals surface area (Å²) in [5.74, 6) is 0.840. The van der Waals surface area contributed by atoms with Gasteiger partial charge in [0.25, 0.3) is 5.52 Å². The van der Waals surface area contributed by atoms with Gasteiger partial charge in [-0.2, -0.15) is 0 Å². The van der Waals surface area contributed by atoms with Crippen LogP contribution in [-0.2, 0) is 6.54 Å². The molecule has 0 N–H and O–H groups in total. The molecular formula is C14H9N4O+. The van der Waals surface area contributed by atoms with Gasteiger partial charge in [0, 0.05) is 18.6 Å². The van der Waals surface area contributed by atoms with Gasteiger partial charge in [-0.15, -0.1) is 4.57 Å². The molecule has 0 saturated carbocycles. The third-order valence-corrected chi connectivity index (χ3v) is 3.66. The van der Waals surface area contributed by atoms with Crippen molar-refractivity contribution in [2.75, 3.05) is 0 Å². The van der Waals surface area contributed by atoms with Crippen molar-refractivity contribution in [3.05, 3.63) is 48.7 Å². The highest BCUT2D eigenvalue weighted by molar-refractivity contribution is 5.88. The van der Waals surface area contributed by atoms with Crippen LogP contribution in [0.3, 0.4) is 0 Å². The fourth-order valence-corrected chi connectivity index (χ4v) is 2.84. The summed E-state index contributed by atoms with van der Waals surface area (Å²) < 4.78 is 10.2. The molecule has 0 unspecified atom stereocenters. The largest absolute Gasteiger partial charge is 0.401 e. The SMILES string of the molecule is c1cnc2c(c1)C[n+]1c-2oc2cn3ccncc3c21. The van der Waals surface area contributed by atoms with E-state index in [1.807, 2.05) is 29.1 Å². The number of rotatable bonds is 0. The maximum Gasteiger partial charge on any atom is 0.401 e. The Balaban J connectivity index is 1.94. The first kappa shape index (κ1) is 9.27. The third-order valence-electron chi connectivity index (χ3n) is 3.66. The highest BCUT2D eigenvalue weighted by Gasteiger charge is 2.36. The molecule has 90 valence electrons. The molecule has 0 fully saturated rings. The molecule has 5 heterocycles. The Hall–Kier alpha value is -2.69. The van der Waals surface area contributed by atoms with Gasteiger partial charge in [0.05, 0.1) is 18.0 Å². The van der Waals surface area contributed by atoms with E-state index < -0.39 is 0 Å². The monoisotopic (exact) mass is 249 g/mol.